The fourth-order valence-electron chi connectivity index (χ4n) is 3.53. The molecule has 3 nitrogen and oxygen atoms in total. The molecule has 1 unspecified atom stereocenters. The molecular formula is C14H29N3. The molecule has 1 saturated carbocycles. The van der Waals surface area contributed by atoms with Crippen LogP contribution in [0.1, 0.15) is 58.8 Å². The molecule has 1 heterocycles. The van der Waals surface area contributed by atoms with E-state index < -0.39 is 0 Å². The number of rotatable bonds is 4. The molecule has 2 rings (SSSR count). The molecule has 1 atom stereocenters. The van der Waals surface area contributed by atoms with Gasteiger partial charge in [-0.05, 0) is 58.5 Å². The summed E-state index contributed by atoms with van der Waals surface area (Å²) in [5.74, 6) is 6.63. The maximum absolute atomic E-state index is 5.84. The minimum Gasteiger partial charge on any atom is -0.297 e. The average molecular weight is 239 g/mol. The van der Waals surface area contributed by atoms with E-state index in [0.29, 0.717) is 6.04 Å². The van der Waals surface area contributed by atoms with E-state index in [-0.39, 0.29) is 5.54 Å². The van der Waals surface area contributed by atoms with E-state index in [1.165, 1.54) is 58.0 Å². The third kappa shape index (κ3) is 2.83. The van der Waals surface area contributed by atoms with Gasteiger partial charge in [0.2, 0.25) is 0 Å². The molecule has 17 heavy (non-hydrogen) atoms. The molecule has 100 valence electrons. The van der Waals surface area contributed by atoms with Gasteiger partial charge in [0.05, 0.1) is 0 Å². The van der Waals surface area contributed by atoms with Crippen LogP contribution in [0.5, 0.6) is 0 Å². The molecular weight excluding hydrogens is 210 g/mol. The fraction of sp³-hybridized carbons (Fsp3) is 1.00. The van der Waals surface area contributed by atoms with Crippen LogP contribution in [0.2, 0.25) is 0 Å². The van der Waals surface area contributed by atoms with Gasteiger partial charge < -0.3 is 0 Å². The molecule has 0 aromatic carbocycles. The van der Waals surface area contributed by atoms with Gasteiger partial charge in [-0.2, -0.15) is 0 Å². The second-order valence-electron chi connectivity index (χ2n) is 6.39. The average Bonchev–Trinajstić information content (AvgIpc) is 2.51. The van der Waals surface area contributed by atoms with Crippen LogP contribution in [-0.4, -0.2) is 29.6 Å². The second kappa shape index (κ2) is 5.68. The Morgan fingerprint density at radius 1 is 1.06 bits per heavy atom. The smallest absolute Gasteiger partial charge is 0.0417 e. The van der Waals surface area contributed by atoms with Gasteiger partial charge >= 0.3 is 0 Å². The van der Waals surface area contributed by atoms with E-state index in [0.717, 1.165) is 5.92 Å². The highest BCUT2D eigenvalue weighted by Gasteiger charge is 2.41. The van der Waals surface area contributed by atoms with Gasteiger partial charge in [0.15, 0.2) is 0 Å². The Morgan fingerprint density at radius 2 is 1.65 bits per heavy atom. The number of likely N-dealkylation sites (tertiary alicyclic amines) is 1. The summed E-state index contributed by atoms with van der Waals surface area (Å²) in [5.41, 5.74) is 3.32. The summed E-state index contributed by atoms with van der Waals surface area (Å²) >= 11 is 0. The molecule has 0 aromatic rings. The van der Waals surface area contributed by atoms with Crippen molar-refractivity contribution in [1.82, 2.24) is 10.3 Å². The minimum absolute atomic E-state index is 0.199. The molecule has 1 aliphatic carbocycles. The summed E-state index contributed by atoms with van der Waals surface area (Å²) in [4.78, 5) is 2.67. The van der Waals surface area contributed by atoms with Crippen molar-refractivity contribution in [3.05, 3.63) is 0 Å². The van der Waals surface area contributed by atoms with E-state index in [2.05, 4.69) is 24.2 Å². The Balaban J connectivity index is 2.02. The first kappa shape index (κ1) is 13.3. The Kier molecular flexibility index (Phi) is 4.45. The number of hydrogen-bond acceptors (Lipinski definition) is 3. The van der Waals surface area contributed by atoms with Crippen molar-refractivity contribution in [3.63, 3.8) is 0 Å². The first-order valence-electron chi connectivity index (χ1n) is 7.37. The summed E-state index contributed by atoms with van der Waals surface area (Å²) in [5, 5.41) is 0. The highest BCUT2D eigenvalue weighted by atomic mass is 15.3. The van der Waals surface area contributed by atoms with Gasteiger partial charge in [-0.3, -0.25) is 16.2 Å². The number of nitrogens with one attached hydrogen (secondary N) is 1. The number of nitrogens with zero attached hydrogens (tertiary/aromatic N) is 1. The van der Waals surface area contributed by atoms with Crippen molar-refractivity contribution in [1.29, 1.82) is 0 Å². The predicted molar refractivity (Wildman–Crippen MR) is 72.6 cm³/mol. The lowest BCUT2D eigenvalue weighted by Gasteiger charge is -2.49. The molecule has 0 aromatic heterocycles. The zero-order valence-corrected chi connectivity index (χ0v) is 11.5. The van der Waals surface area contributed by atoms with Crippen LogP contribution in [0.4, 0.5) is 0 Å². The highest BCUT2D eigenvalue weighted by molar-refractivity contribution is 4.98. The molecule has 0 bridgehead atoms. The summed E-state index contributed by atoms with van der Waals surface area (Å²) in [6.07, 6.45) is 9.60. The normalized spacial score (nSPS) is 26.3. The Hall–Kier alpha value is -0.120. The van der Waals surface area contributed by atoms with E-state index in [4.69, 9.17) is 5.84 Å². The molecule has 1 aliphatic heterocycles. The van der Waals surface area contributed by atoms with Crippen molar-refractivity contribution < 1.29 is 0 Å². The van der Waals surface area contributed by atoms with Crippen molar-refractivity contribution in [2.45, 2.75) is 70.4 Å². The van der Waals surface area contributed by atoms with Crippen LogP contribution < -0.4 is 11.3 Å². The van der Waals surface area contributed by atoms with Gasteiger partial charge in [-0.25, -0.2) is 0 Å². The summed E-state index contributed by atoms with van der Waals surface area (Å²) in [7, 11) is 0. The largest absolute Gasteiger partial charge is 0.297 e. The van der Waals surface area contributed by atoms with E-state index >= 15 is 0 Å². The van der Waals surface area contributed by atoms with Crippen LogP contribution in [0, 0.1) is 5.92 Å². The zero-order chi connectivity index (χ0) is 12.3. The molecule has 3 N–H and O–H groups in total. The number of hydrazine groups is 1. The van der Waals surface area contributed by atoms with Crippen molar-refractivity contribution in [3.8, 4) is 0 Å². The summed E-state index contributed by atoms with van der Waals surface area (Å²) in [6.45, 7) is 7.25. The summed E-state index contributed by atoms with van der Waals surface area (Å²) in [6, 6.07) is 0.453. The van der Waals surface area contributed by atoms with Crippen LogP contribution in [0.3, 0.4) is 0 Å². The van der Waals surface area contributed by atoms with E-state index in [1.54, 1.807) is 0 Å². The molecule has 2 aliphatic rings. The fourth-order valence-corrected chi connectivity index (χ4v) is 3.53. The van der Waals surface area contributed by atoms with Crippen LogP contribution in [-0.2, 0) is 0 Å². The first-order chi connectivity index (χ1) is 8.16. The lowest BCUT2D eigenvalue weighted by atomic mass is 9.72. The number of nitrogens with two attached hydrogens (primary N) is 1. The quantitative estimate of drug-likeness (QED) is 0.584. The standard InChI is InChI=1S/C14H29N3/c1-14(2,13(16-15)12-8-7-9-12)17-10-5-3-4-6-11-17/h12-13,16H,3-11,15H2,1-2H3. The highest BCUT2D eigenvalue weighted by Crippen LogP contribution is 2.36. The van der Waals surface area contributed by atoms with Crippen LogP contribution in [0.15, 0.2) is 0 Å². The van der Waals surface area contributed by atoms with Crippen molar-refractivity contribution in [2.75, 3.05) is 13.1 Å². The molecule has 0 spiro atoms. The van der Waals surface area contributed by atoms with Gasteiger partial charge in [0.1, 0.15) is 0 Å². The van der Waals surface area contributed by atoms with Crippen molar-refractivity contribution >= 4 is 0 Å². The van der Waals surface area contributed by atoms with Gasteiger partial charge in [-0.1, -0.05) is 19.3 Å². The van der Waals surface area contributed by atoms with Gasteiger partial charge in [0, 0.05) is 11.6 Å². The Labute approximate surface area is 106 Å². The third-order valence-corrected chi connectivity index (χ3v) is 4.98. The number of hydrogen-bond donors (Lipinski definition) is 2. The van der Waals surface area contributed by atoms with E-state index in [9.17, 15) is 0 Å². The van der Waals surface area contributed by atoms with Crippen LogP contribution in [0.25, 0.3) is 0 Å². The zero-order valence-electron chi connectivity index (χ0n) is 11.5. The summed E-state index contributed by atoms with van der Waals surface area (Å²) < 4.78 is 0. The molecule has 3 heteroatoms. The van der Waals surface area contributed by atoms with Crippen LogP contribution >= 0.6 is 0 Å². The lowest BCUT2D eigenvalue weighted by Crippen LogP contribution is -2.63. The maximum atomic E-state index is 5.84. The third-order valence-electron chi connectivity index (χ3n) is 4.98. The maximum Gasteiger partial charge on any atom is 0.0417 e. The van der Waals surface area contributed by atoms with Crippen molar-refractivity contribution in [2.24, 2.45) is 11.8 Å². The lowest BCUT2D eigenvalue weighted by molar-refractivity contribution is 0.0378. The van der Waals surface area contributed by atoms with Gasteiger partial charge in [0.25, 0.3) is 0 Å². The second-order valence-corrected chi connectivity index (χ2v) is 6.39. The minimum atomic E-state index is 0.199. The van der Waals surface area contributed by atoms with Gasteiger partial charge in [-0.15, -0.1) is 0 Å². The Morgan fingerprint density at radius 3 is 2.06 bits per heavy atom. The molecule has 1 saturated heterocycles. The first-order valence-corrected chi connectivity index (χ1v) is 7.37. The van der Waals surface area contributed by atoms with E-state index in [1.807, 2.05) is 0 Å². The SMILES string of the molecule is CC(C)(C(NN)C1CCC1)N1CCCCCC1. The molecule has 0 amide bonds. The monoisotopic (exact) mass is 239 g/mol. The predicted octanol–water partition coefficient (Wildman–Crippen LogP) is 2.27. The molecule has 2 fully saturated rings. The topological polar surface area (TPSA) is 41.3 Å². The Bertz CT molecular complexity index is 228. The molecule has 0 radical (unpaired) electrons.